The van der Waals surface area contributed by atoms with Gasteiger partial charge in [0.15, 0.2) is 0 Å². The lowest BCUT2D eigenvalue weighted by Crippen LogP contribution is -2.52. The van der Waals surface area contributed by atoms with E-state index < -0.39 is 12.0 Å². The van der Waals surface area contributed by atoms with Crippen LogP contribution in [0, 0.1) is 0 Å². The Balaban J connectivity index is 1.72. The average molecular weight is 387 g/mol. The van der Waals surface area contributed by atoms with Crippen molar-refractivity contribution in [1.82, 2.24) is 10.2 Å². The Labute approximate surface area is 161 Å². The van der Waals surface area contributed by atoms with Crippen molar-refractivity contribution in [3.8, 4) is 0 Å². The van der Waals surface area contributed by atoms with Crippen LogP contribution in [0.5, 0.6) is 0 Å². The van der Waals surface area contributed by atoms with Crippen molar-refractivity contribution in [1.29, 1.82) is 0 Å². The number of rotatable bonds is 5. The number of nitrogens with zero attached hydrogens (tertiary/aromatic N) is 1. The van der Waals surface area contributed by atoms with Crippen LogP contribution in [0.2, 0.25) is 5.02 Å². The zero-order chi connectivity index (χ0) is 19.4. The first-order chi connectivity index (χ1) is 13.0. The summed E-state index contributed by atoms with van der Waals surface area (Å²) >= 11 is 6.24. The van der Waals surface area contributed by atoms with Crippen LogP contribution in [0.4, 0.5) is 0 Å². The molecule has 1 fully saturated rings. The molecule has 7 heteroatoms. The van der Waals surface area contributed by atoms with Crippen molar-refractivity contribution in [3.63, 3.8) is 0 Å². The van der Waals surface area contributed by atoms with Gasteiger partial charge in [-0.05, 0) is 30.2 Å². The van der Waals surface area contributed by atoms with E-state index in [4.69, 9.17) is 16.7 Å². The molecule has 0 aliphatic carbocycles. The third-order valence-electron chi connectivity index (χ3n) is 4.56. The van der Waals surface area contributed by atoms with Crippen LogP contribution in [-0.4, -0.2) is 40.9 Å². The number of carbonyl (C=O) groups is 3. The van der Waals surface area contributed by atoms with E-state index in [2.05, 4.69) is 5.32 Å². The predicted octanol–water partition coefficient (Wildman–Crippen LogP) is 2.67. The monoisotopic (exact) mass is 386 g/mol. The number of benzene rings is 2. The number of aromatic carboxylic acids is 1. The summed E-state index contributed by atoms with van der Waals surface area (Å²) in [6, 6.07) is 12.7. The molecule has 2 aromatic carbocycles. The number of hydrogen-bond donors (Lipinski definition) is 2. The van der Waals surface area contributed by atoms with Gasteiger partial charge in [0.2, 0.25) is 11.8 Å². The molecule has 27 heavy (non-hydrogen) atoms. The van der Waals surface area contributed by atoms with E-state index in [1.165, 1.54) is 12.1 Å². The Kier molecular flexibility index (Phi) is 5.76. The van der Waals surface area contributed by atoms with Crippen molar-refractivity contribution in [2.75, 3.05) is 13.1 Å². The van der Waals surface area contributed by atoms with E-state index in [-0.39, 0.29) is 23.8 Å². The van der Waals surface area contributed by atoms with Gasteiger partial charge in [0, 0.05) is 30.1 Å². The van der Waals surface area contributed by atoms with Crippen molar-refractivity contribution in [3.05, 3.63) is 70.2 Å². The molecule has 2 aromatic rings. The van der Waals surface area contributed by atoms with E-state index in [9.17, 15) is 14.4 Å². The molecule has 0 spiro atoms. The van der Waals surface area contributed by atoms with Gasteiger partial charge >= 0.3 is 5.97 Å². The second-order valence-corrected chi connectivity index (χ2v) is 6.71. The van der Waals surface area contributed by atoms with Crippen molar-refractivity contribution in [2.45, 2.75) is 18.9 Å². The van der Waals surface area contributed by atoms with Gasteiger partial charge < -0.3 is 15.3 Å². The molecule has 6 nitrogen and oxygen atoms in total. The number of aryl methyl sites for hydroxylation is 1. The smallest absolute Gasteiger partial charge is 0.335 e. The van der Waals surface area contributed by atoms with Crippen LogP contribution in [0.15, 0.2) is 48.5 Å². The molecule has 0 unspecified atom stereocenters. The molecule has 2 N–H and O–H groups in total. The first-order valence-electron chi connectivity index (χ1n) is 8.61. The summed E-state index contributed by atoms with van der Waals surface area (Å²) in [6.45, 7) is 0.817. The van der Waals surface area contributed by atoms with Gasteiger partial charge in [-0.15, -0.1) is 0 Å². The Hall–Kier alpha value is -2.86. The van der Waals surface area contributed by atoms with E-state index >= 15 is 0 Å². The summed E-state index contributed by atoms with van der Waals surface area (Å²) < 4.78 is 0. The van der Waals surface area contributed by atoms with Gasteiger partial charge in [-0.25, -0.2) is 4.79 Å². The first kappa shape index (κ1) is 18.9. The first-order valence-corrected chi connectivity index (χ1v) is 8.99. The van der Waals surface area contributed by atoms with E-state index in [1.54, 1.807) is 41.3 Å². The van der Waals surface area contributed by atoms with E-state index in [1.807, 2.05) is 0 Å². The molecule has 1 aliphatic heterocycles. The molecule has 0 radical (unpaired) electrons. The Morgan fingerprint density at radius 3 is 2.52 bits per heavy atom. The molecule has 0 aromatic heterocycles. The van der Waals surface area contributed by atoms with Crippen LogP contribution >= 0.6 is 11.6 Å². The largest absolute Gasteiger partial charge is 0.478 e. The topological polar surface area (TPSA) is 86.7 Å². The van der Waals surface area contributed by atoms with Crippen LogP contribution in [0.3, 0.4) is 0 Å². The Bertz CT molecular complexity index is 867. The molecule has 3 rings (SSSR count). The molecule has 1 atom stereocenters. The molecule has 0 saturated carbocycles. The third kappa shape index (κ3) is 4.28. The zero-order valence-corrected chi connectivity index (χ0v) is 15.3. The molecule has 1 heterocycles. The summed E-state index contributed by atoms with van der Waals surface area (Å²) in [7, 11) is 0. The lowest BCUT2D eigenvalue weighted by Gasteiger charge is -2.35. The maximum Gasteiger partial charge on any atom is 0.335 e. The minimum atomic E-state index is -0.987. The SMILES string of the molecule is O=C(O)c1ccc(CCC(=O)N2CCNC(=O)[C@H]2c2ccccc2Cl)cc1. The highest BCUT2D eigenvalue weighted by Crippen LogP contribution is 2.29. The van der Waals surface area contributed by atoms with Crippen LogP contribution in [-0.2, 0) is 16.0 Å². The summed E-state index contributed by atoms with van der Waals surface area (Å²) in [5.41, 5.74) is 1.68. The van der Waals surface area contributed by atoms with Crippen molar-refractivity contribution in [2.24, 2.45) is 0 Å². The van der Waals surface area contributed by atoms with Crippen LogP contribution < -0.4 is 5.32 Å². The highest BCUT2D eigenvalue weighted by atomic mass is 35.5. The number of halogens is 1. The van der Waals surface area contributed by atoms with Gasteiger partial charge in [0.25, 0.3) is 0 Å². The van der Waals surface area contributed by atoms with Crippen molar-refractivity contribution < 1.29 is 19.5 Å². The maximum atomic E-state index is 12.8. The zero-order valence-electron chi connectivity index (χ0n) is 14.5. The second-order valence-electron chi connectivity index (χ2n) is 6.30. The fourth-order valence-corrected chi connectivity index (χ4v) is 3.39. The highest BCUT2D eigenvalue weighted by Gasteiger charge is 2.35. The molecular weight excluding hydrogens is 368 g/mol. The van der Waals surface area contributed by atoms with E-state index in [0.29, 0.717) is 30.1 Å². The third-order valence-corrected chi connectivity index (χ3v) is 4.90. The summed E-state index contributed by atoms with van der Waals surface area (Å²) in [6.07, 6.45) is 0.687. The van der Waals surface area contributed by atoms with Gasteiger partial charge in [0.1, 0.15) is 6.04 Å². The summed E-state index contributed by atoms with van der Waals surface area (Å²) in [5, 5.41) is 12.2. The molecule has 0 bridgehead atoms. The number of carboxylic acids is 1. The van der Waals surface area contributed by atoms with E-state index in [0.717, 1.165) is 5.56 Å². The number of piperazine rings is 1. The second kappa shape index (κ2) is 8.22. The fourth-order valence-electron chi connectivity index (χ4n) is 3.15. The standard InChI is InChI=1S/C20H19ClN2O4/c21-16-4-2-1-3-15(16)18-19(25)22-11-12-23(18)17(24)10-7-13-5-8-14(9-6-13)20(26)27/h1-6,8-9,18H,7,10-12H2,(H,22,25)(H,26,27)/t18-/m1/s1. The fraction of sp³-hybridized carbons (Fsp3) is 0.250. The minimum Gasteiger partial charge on any atom is -0.478 e. The van der Waals surface area contributed by atoms with Gasteiger partial charge in [-0.3, -0.25) is 9.59 Å². The predicted molar refractivity (Wildman–Crippen MR) is 101 cm³/mol. The molecule has 2 amide bonds. The number of carboxylic acid groups (broad SMARTS) is 1. The van der Waals surface area contributed by atoms with Gasteiger partial charge in [0.05, 0.1) is 5.56 Å². The van der Waals surface area contributed by atoms with Gasteiger partial charge in [-0.2, -0.15) is 0 Å². The van der Waals surface area contributed by atoms with Crippen molar-refractivity contribution >= 4 is 29.4 Å². The summed E-state index contributed by atoms with van der Waals surface area (Å²) in [5.74, 6) is -1.37. The molecule has 140 valence electrons. The average Bonchev–Trinajstić information content (AvgIpc) is 2.67. The lowest BCUT2D eigenvalue weighted by molar-refractivity contribution is -0.143. The quantitative estimate of drug-likeness (QED) is 0.827. The maximum absolute atomic E-state index is 12.8. The molecular formula is C20H19ClN2O4. The van der Waals surface area contributed by atoms with Crippen LogP contribution in [0.25, 0.3) is 0 Å². The molecule has 1 saturated heterocycles. The number of hydrogen-bond acceptors (Lipinski definition) is 3. The number of amides is 2. The Morgan fingerprint density at radius 1 is 1.15 bits per heavy atom. The van der Waals surface area contributed by atoms with Crippen LogP contribution in [0.1, 0.15) is 33.9 Å². The highest BCUT2D eigenvalue weighted by molar-refractivity contribution is 6.31. The number of nitrogens with one attached hydrogen (secondary N) is 1. The minimum absolute atomic E-state index is 0.142. The Morgan fingerprint density at radius 2 is 1.85 bits per heavy atom. The lowest BCUT2D eigenvalue weighted by atomic mass is 10.0. The number of carbonyl (C=O) groups excluding carboxylic acids is 2. The summed E-state index contributed by atoms with van der Waals surface area (Å²) in [4.78, 5) is 37.7. The normalized spacial score (nSPS) is 16.7. The molecule has 1 aliphatic rings. The van der Waals surface area contributed by atoms with Gasteiger partial charge in [-0.1, -0.05) is 41.9 Å².